The molecule has 1 rings (SSSR count). The molecule has 5 heteroatoms. The molecule has 0 bridgehead atoms. The number of thioether (sulfide) groups is 1. The standard InChI is InChI=1S/C9H15N3OS/c1-10-8(5-13-2)6-14-9-3-4-11-7-12-9/h3-4,7-8,10H,5-6H2,1-2H3. The summed E-state index contributed by atoms with van der Waals surface area (Å²) in [6.07, 6.45) is 3.31. The van der Waals surface area contributed by atoms with Gasteiger partial charge in [0.05, 0.1) is 11.6 Å². The summed E-state index contributed by atoms with van der Waals surface area (Å²) in [6.45, 7) is 0.717. The summed E-state index contributed by atoms with van der Waals surface area (Å²) in [5.41, 5.74) is 0. The Labute approximate surface area is 88.5 Å². The predicted molar refractivity (Wildman–Crippen MR) is 57.5 cm³/mol. The minimum atomic E-state index is 0.361. The number of nitrogens with zero attached hydrogens (tertiary/aromatic N) is 2. The fourth-order valence-electron chi connectivity index (χ4n) is 0.966. The molecule has 0 aliphatic rings. The lowest BCUT2D eigenvalue weighted by atomic mass is 10.4. The number of hydrogen-bond acceptors (Lipinski definition) is 5. The van der Waals surface area contributed by atoms with Crippen molar-refractivity contribution in [3.05, 3.63) is 18.6 Å². The molecule has 0 saturated heterocycles. The van der Waals surface area contributed by atoms with Crippen LogP contribution < -0.4 is 5.32 Å². The van der Waals surface area contributed by atoms with E-state index < -0.39 is 0 Å². The Morgan fingerprint density at radius 2 is 2.50 bits per heavy atom. The maximum atomic E-state index is 5.07. The zero-order chi connectivity index (χ0) is 10.2. The molecule has 1 aromatic rings. The van der Waals surface area contributed by atoms with Crippen molar-refractivity contribution in [2.75, 3.05) is 26.5 Å². The van der Waals surface area contributed by atoms with E-state index in [4.69, 9.17) is 4.74 Å². The lowest BCUT2D eigenvalue weighted by molar-refractivity contribution is 0.177. The molecule has 0 aliphatic heterocycles. The van der Waals surface area contributed by atoms with Crippen LogP contribution in [0.25, 0.3) is 0 Å². The van der Waals surface area contributed by atoms with Crippen LogP contribution in [0.2, 0.25) is 0 Å². The molecular formula is C9H15N3OS. The van der Waals surface area contributed by atoms with Crippen LogP contribution in [0.1, 0.15) is 0 Å². The van der Waals surface area contributed by atoms with Crippen molar-refractivity contribution in [1.82, 2.24) is 15.3 Å². The zero-order valence-corrected chi connectivity index (χ0v) is 9.25. The second-order valence-corrected chi connectivity index (χ2v) is 3.84. The number of nitrogens with one attached hydrogen (secondary N) is 1. The van der Waals surface area contributed by atoms with E-state index in [0.717, 1.165) is 10.8 Å². The monoisotopic (exact) mass is 213 g/mol. The normalized spacial score (nSPS) is 12.7. The van der Waals surface area contributed by atoms with E-state index >= 15 is 0 Å². The third-order valence-corrected chi connectivity index (χ3v) is 2.87. The number of rotatable bonds is 6. The van der Waals surface area contributed by atoms with Gasteiger partial charge in [0.15, 0.2) is 0 Å². The number of ether oxygens (including phenoxy) is 1. The molecule has 1 heterocycles. The molecule has 0 saturated carbocycles. The van der Waals surface area contributed by atoms with Crippen LogP contribution >= 0.6 is 11.8 Å². The zero-order valence-electron chi connectivity index (χ0n) is 8.43. The van der Waals surface area contributed by atoms with E-state index in [1.807, 2.05) is 13.1 Å². The first kappa shape index (κ1) is 11.4. The third-order valence-electron chi connectivity index (χ3n) is 1.76. The smallest absolute Gasteiger partial charge is 0.116 e. The number of likely N-dealkylation sites (N-methyl/N-ethyl adjacent to an activating group) is 1. The van der Waals surface area contributed by atoms with Gasteiger partial charge in [0.1, 0.15) is 6.33 Å². The van der Waals surface area contributed by atoms with Crippen molar-refractivity contribution in [3.8, 4) is 0 Å². The van der Waals surface area contributed by atoms with Crippen molar-refractivity contribution in [2.24, 2.45) is 0 Å². The maximum Gasteiger partial charge on any atom is 0.116 e. The van der Waals surface area contributed by atoms with Crippen LogP contribution in [0.5, 0.6) is 0 Å². The van der Waals surface area contributed by atoms with Crippen molar-refractivity contribution in [1.29, 1.82) is 0 Å². The number of methoxy groups -OCH3 is 1. The first-order valence-corrected chi connectivity index (χ1v) is 5.40. The SMILES string of the molecule is CNC(COC)CSc1ccncn1. The second kappa shape index (κ2) is 6.75. The number of hydrogen-bond donors (Lipinski definition) is 1. The summed E-state index contributed by atoms with van der Waals surface area (Å²) in [6, 6.07) is 2.27. The van der Waals surface area contributed by atoms with E-state index in [-0.39, 0.29) is 0 Å². The fourth-order valence-corrected chi connectivity index (χ4v) is 1.88. The molecule has 0 aliphatic carbocycles. The van der Waals surface area contributed by atoms with Crippen LogP contribution in [0.15, 0.2) is 23.6 Å². The van der Waals surface area contributed by atoms with Crippen molar-refractivity contribution < 1.29 is 4.74 Å². The minimum absolute atomic E-state index is 0.361. The van der Waals surface area contributed by atoms with Gasteiger partial charge in [0, 0.05) is 25.1 Å². The van der Waals surface area contributed by atoms with Crippen LogP contribution in [0.4, 0.5) is 0 Å². The Hall–Kier alpha value is -0.650. The Morgan fingerprint density at radius 1 is 1.64 bits per heavy atom. The summed E-state index contributed by atoms with van der Waals surface area (Å²) < 4.78 is 5.07. The topological polar surface area (TPSA) is 47.0 Å². The van der Waals surface area contributed by atoms with Crippen LogP contribution in [-0.4, -0.2) is 42.5 Å². The van der Waals surface area contributed by atoms with Crippen LogP contribution in [0.3, 0.4) is 0 Å². The average molecular weight is 213 g/mol. The molecule has 0 aromatic carbocycles. The summed E-state index contributed by atoms with van der Waals surface area (Å²) in [7, 11) is 3.64. The molecule has 4 nitrogen and oxygen atoms in total. The fraction of sp³-hybridized carbons (Fsp3) is 0.556. The quantitative estimate of drug-likeness (QED) is 0.559. The van der Waals surface area contributed by atoms with E-state index in [1.165, 1.54) is 0 Å². The van der Waals surface area contributed by atoms with Gasteiger partial charge in [-0.15, -0.1) is 11.8 Å². The molecule has 1 unspecified atom stereocenters. The van der Waals surface area contributed by atoms with Crippen molar-refractivity contribution in [2.45, 2.75) is 11.1 Å². The molecule has 0 amide bonds. The largest absolute Gasteiger partial charge is 0.383 e. The molecule has 1 N–H and O–H groups in total. The molecule has 1 atom stereocenters. The van der Waals surface area contributed by atoms with E-state index in [2.05, 4.69) is 15.3 Å². The van der Waals surface area contributed by atoms with E-state index in [9.17, 15) is 0 Å². The van der Waals surface area contributed by atoms with Gasteiger partial charge in [0.2, 0.25) is 0 Å². The van der Waals surface area contributed by atoms with Gasteiger partial charge < -0.3 is 10.1 Å². The summed E-state index contributed by atoms with van der Waals surface area (Å²) in [4.78, 5) is 7.99. The molecular weight excluding hydrogens is 198 g/mol. The first-order chi connectivity index (χ1) is 6.86. The third kappa shape index (κ3) is 4.04. The highest BCUT2D eigenvalue weighted by Crippen LogP contribution is 2.14. The van der Waals surface area contributed by atoms with E-state index in [0.29, 0.717) is 12.6 Å². The summed E-state index contributed by atoms with van der Waals surface area (Å²) in [5, 5.41) is 4.18. The Balaban J connectivity index is 2.32. The van der Waals surface area contributed by atoms with Crippen molar-refractivity contribution in [3.63, 3.8) is 0 Å². The van der Waals surface area contributed by atoms with Gasteiger partial charge in [-0.05, 0) is 13.1 Å². The highest BCUT2D eigenvalue weighted by atomic mass is 32.2. The second-order valence-electron chi connectivity index (χ2n) is 2.80. The van der Waals surface area contributed by atoms with Crippen LogP contribution in [0, 0.1) is 0 Å². The van der Waals surface area contributed by atoms with Crippen molar-refractivity contribution >= 4 is 11.8 Å². The van der Waals surface area contributed by atoms with Gasteiger partial charge in [-0.25, -0.2) is 9.97 Å². The Kier molecular flexibility index (Phi) is 5.51. The van der Waals surface area contributed by atoms with Crippen LogP contribution in [-0.2, 0) is 4.74 Å². The molecule has 0 spiro atoms. The molecule has 1 aromatic heterocycles. The van der Waals surface area contributed by atoms with Gasteiger partial charge >= 0.3 is 0 Å². The first-order valence-electron chi connectivity index (χ1n) is 4.42. The maximum absolute atomic E-state index is 5.07. The Morgan fingerprint density at radius 3 is 3.07 bits per heavy atom. The predicted octanol–water partition coefficient (Wildman–Crippen LogP) is 0.803. The van der Waals surface area contributed by atoms with Gasteiger partial charge in [-0.1, -0.05) is 0 Å². The summed E-state index contributed by atoms with van der Waals surface area (Å²) in [5.74, 6) is 0.946. The summed E-state index contributed by atoms with van der Waals surface area (Å²) >= 11 is 1.70. The van der Waals surface area contributed by atoms with Gasteiger partial charge in [-0.3, -0.25) is 0 Å². The molecule has 0 radical (unpaired) electrons. The Bertz CT molecular complexity index is 245. The highest BCUT2D eigenvalue weighted by Gasteiger charge is 2.06. The highest BCUT2D eigenvalue weighted by molar-refractivity contribution is 7.99. The minimum Gasteiger partial charge on any atom is -0.383 e. The van der Waals surface area contributed by atoms with Gasteiger partial charge in [-0.2, -0.15) is 0 Å². The lowest BCUT2D eigenvalue weighted by Gasteiger charge is -2.13. The lowest BCUT2D eigenvalue weighted by Crippen LogP contribution is -2.32. The average Bonchev–Trinajstić information content (AvgIpc) is 2.25. The molecule has 14 heavy (non-hydrogen) atoms. The number of aromatic nitrogens is 2. The van der Waals surface area contributed by atoms with Gasteiger partial charge in [0.25, 0.3) is 0 Å². The molecule has 78 valence electrons. The molecule has 0 fully saturated rings. The van der Waals surface area contributed by atoms with E-state index in [1.54, 1.807) is 31.4 Å².